The Morgan fingerprint density at radius 1 is 1.65 bits per heavy atom. The maximum Gasteiger partial charge on any atom is 0.268 e. The summed E-state index contributed by atoms with van der Waals surface area (Å²) in [6.07, 6.45) is 3.56. The van der Waals surface area contributed by atoms with Crippen LogP contribution >= 0.6 is 0 Å². The summed E-state index contributed by atoms with van der Waals surface area (Å²) in [4.78, 5) is 12.0. The average Bonchev–Trinajstić information content (AvgIpc) is 2.94. The molecule has 1 aromatic heterocycles. The minimum atomic E-state index is -0.368. The van der Waals surface area contributed by atoms with E-state index < -0.39 is 0 Å². The van der Waals surface area contributed by atoms with E-state index in [0.29, 0.717) is 18.8 Å². The van der Waals surface area contributed by atoms with Crippen LogP contribution in [-0.2, 0) is 11.3 Å². The molecule has 1 aromatic rings. The molecule has 0 aliphatic heterocycles. The van der Waals surface area contributed by atoms with Crippen molar-refractivity contribution in [1.82, 2.24) is 9.88 Å². The molecule has 1 saturated carbocycles. The Bertz CT molecular complexity index is 396. The standard InChI is InChI=1S/C12H18N2O3/c1-17-8-7-14-6-2-3-10(14)11(16)13-12(9-15)4-5-12/h2-3,6,15H,4-5,7-9H2,1H3,(H,13,16). The number of methoxy groups -OCH3 is 1. The molecule has 17 heavy (non-hydrogen) atoms. The van der Waals surface area contributed by atoms with Gasteiger partial charge in [0.25, 0.3) is 5.91 Å². The maximum absolute atomic E-state index is 12.0. The lowest BCUT2D eigenvalue weighted by Gasteiger charge is -2.15. The van der Waals surface area contributed by atoms with Gasteiger partial charge in [-0.05, 0) is 25.0 Å². The molecule has 94 valence electrons. The maximum atomic E-state index is 12.0. The molecule has 5 heteroatoms. The highest BCUT2D eigenvalue weighted by Gasteiger charge is 2.43. The van der Waals surface area contributed by atoms with Gasteiger partial charge in [0.2, 0.25) is 0 Å². The average molecular weight is 238 g/mol. The molecule has 0 radical (unpaired) electrons. The normalized spacial score (nSPS) is 16.8. The van der Waals surface area contributed by atoms with Gasteiger partial charge in [-0.3, -0.25) is 4.79 Å². The number of aromatic nitrogens is 1. The van der Waals surface area contributed by atoms with Crippen LogP contribution in [0, 0.1) is 0 Å². The van der Waals surface area contributed by atoms with E-state index in [4.69, 9.17) is 4.74 Å². The van der Waals surface area contributed by atoms with Crippen LogP contribution in [0.4, 0.5) is 0 Å². The summed E-state index contributed by atoms with van der Waals surface area (Å²) in [6, 6.07) is 3.61. The SMILES string of the molecule is COCCn1cccc1C(=O)NC1(CO)CC1. The van der Waals surface area contributed by atoms with Crippen LogP contribution in [0.5, 0.6) is 0 Å². The number of amides is 1. The molecule has 0 unspecified atom stereocenters. The van der Waals surface area contributed by atoms with Crippen molar-refractivity contribution in [3.63, 3.8) is 0 Å². The van der Waals surface area contributed by atoms with Gasteiger partial charge in [-0.15, -0.1) is 0 Å². The second-order valence-corrected chi connectivity index (χ2v) is 4.47. The predicted octanol–water partition coefficient (Wildman–Crippen LogP) is 0.389. The van der Waals surface area contributed by atoms with Crippen LogP contribution in [0.15, 0.2) is 18.3 Å². The second kappa shape index (κ2) is 4.89. The summed E-state index contributed by atoms with van der Waals surface area (Å²) in [7, 11) is 1.63. The molecule has 1 heterocycles. The fourth-order valence-corrected chi connectivity index (χ4v) is 1.78. The third kappa shape index (κ3) is 2.68. The first-order chi connectivity index (χ1) is 8.21. The van der Waals surface area contributed by atoms with Gasteiger partial charge in [-0.1, -0.05) is 0 Å². The van der Waals surface area contributed by atoms with Crippen LogP contribution in [0.25, 0.3) is 0 Å². The number of hydrogen-bond donors (Lipinski definition) is 2. The lowest BCUT2D eigenvalue weighted by molar-refractivity contribution is 0.0894. The smallest absolute Gasteiger partial charge is 0.268 e. The second-order valence-electron chi connectivity index (χ2n) is 4.47. The number of ether oxygens (including phenoxy) is 1. The zero-order valence-electron chi connectivity index (χ0n) is 9.98. The number of nitrogens with one attached hydrogen (secondary N) is 1. The van der Waals surface area contributed by atoms with Crippen molar-refractivity contribution in [2.24, 2.45) is 0 Å². The van der Waals surface area contributed by atoms with E-state index >= 15 is 0 Å². The third-order valence-electron chi connectivity index (χ3n) is 3.13. The molecule has 1 fully saturated rings. The van der Waals surface area contributed by atoms with Gasteiger partial charge < -0.3 is 19.7 Å². The molecule has 0 atom stereocenters. The Balaban J connectivity index is 2.01. The first-order valence-corrected chi connectivity index (χ1v) is 5.78. The van der Waals surface area contributed by atoms with E-state index in [1.165, 1.54) is 0 Å². The summed E-state index contributed by atoms with van der Waals surface area (Å²) in [6.45, 7) is 1.23. The van der Waals surface area contributed by atoms with Crippen LogP contribution in [0.1, 0.15) is 23.3 Å². The van der Waals surface area contributed by atoms with E-state index in [2.05, 4.69) is 5.32 Å². The fourth-order valence-electron chi connectivity index (χ4n) is 1.78. The first kappa shape index (κ1) is 12.1. The summed E-state index contributed by atoms with van der Waals surface area (Å²) in [5, 5.41) is 12.1. The third-order valence-corrected chi connectivity index (χ3v) is 3.13. The Hall–Kier alpha value is -1.33. The monoisotopic (exact) mass is 238 g/mol. The topological polar surface area (TPSA) is 63.5 Å². The summed E-state index contributed by atoms with van der Waals surface area (Å²) >= 11 is 0. The highest BCUT2D eigenvalue weighted by molar-refractivity contribution is 5.93. The summed E-state index contributed by atoms with van der Waals surface area (Å²) in [5.74, 6) is -0.127. The van der Waals surface area contributed by atoms with Crippen molar-refractivity contribution < 1.29 is 14.6 Å². The molecule has 0 saturated heterocycles. The molecule has 0 aromatic carbocycles. The van der Waals surface area contributed by atoms with Crippen molar-refractivity contribution in [3.8, 4) is 0 Å². The summed E-state index contributed by atoms with van der Waals surface area (Å²) < 4.78 is 6.85. The minimum absolute atomic E-state index is 0.0114. The molecule has 5 nitrogen and oxygen atoms in total. The first-order valence-electron chi connectivity index (χ1n) is 5.78. The van der Waals surface area contributed by atoms with Crippen LogP contribution in [0.3, 0.4) is 0 Å². The highest BCUT2D eigenvalue weighted by atomic mass is 16.5. The number of carbonyl (C=O) groups is 1. The Morgan fingerprint density at radius 3 is 3.00 bits per heavy atom. The van der Waals surface area contributed by atoms with Gasteiger partial charge in [0.1, 0.15) is 5.69 Å². The van der Waals surface area contributed by atoms with Crippen molar-refractivity contribution in [3.05, 3.63) is 24.0 Å². The predicted molar refractivity (Wildman–Crippen MR) is 62.8 cm³/mol. The van der Waals surface area contributed by atoms with E-state index in [9.17, 15) is 9.90 Å². The highest BCUT2D eigenvalue weighted by Crippen LogP contribution is 2.34. The quantitative estimate of drug-likeness (QED) is 0.753. The van der Waals surface area contributed by atoms with E-state index in [1.807, 2.05) is 16.8 Å². The number of carbonyl (C=O) groups excluding carboxylic acids is 1. The number of hydrogen-bond acceptors (Lipinski definition) is 3. The van der Waals surface area contributed by atoms with Crippen molar-refractivity contribution >= 4 is 5.91 Å². The van der Waals surface area contributed by atoms with Gasteiger partial charge in [-0.25, -0.2) is 0 Å². The lowest BCUT2D eigenvalue weighted by atomic mass is 10.2. The number of nitrogens with zero attached hydrogens (tertiary/aromatic N) is 1. The van der Waals surface area contributed by atoms with E-state index in [0.717, 1.165) is 12.8 Å². The zero-order valence-corrected chi connectivity index (χ0v) is 9.98. The van der Waals surface area contributed by atoms with Crippen LogP contribution < -0.4 is 5.32 Å². The molecule has 0 spiro atoms. The Kier molecular flexibility index (Phi) is 3.49. The zero-order chi connectivity index (χ0) is 12.3. The largest absolute Gasteiger partial charge is 0.394 e. The molecule has 1 aliphatic rings. The number of aliphatic hydroxyl groups is 1. The van der Waals surface area contributed by atoms with Gasteiger partial charge in [0.15, 0.2) is 0 Å². The molecule has 2 N–H and O–H groups in total. The van der Waals surface area contributed by atoms with Crippen LogP contribution in [0.2, 0.25) is 0 Å². The Morgan fingerprint density at radius 2 is 2.41 bits per heavy atom. The lowest BCUT2D eigenvalue weighted by Crippen LogP contribution is -2.40. The van der Waals surface area contributed by atoms with E-state index in [-0.39, 0.29) is 18.1 Å². The fraction of sp³-hybridized carbons (Fsp3) is 0.583. The van der Waals surface area contributed by atoms with Gasteiger partial charge in [0, 0.05) is 19.9 Å². The van der Waals surface area contributed by atoms with Crippen molar-refractivity contribution in [1.29, 1.82) is 0 Å². The van der Waals surface area contributed by atoms with Gasteiger partial charge in [0.05, 0.1) is 18.8 Å². The molecule has 0 bridgehead atoms. The molecular weight excluding hydrogens is 220 g/mol. The van der Waals surface area contributed by atoms with Crippen molar-refractivity contribution in [2.75, 3.05) is 20.3 Å². The number of rotatable bonds is 6. The molecule has 1 aliphatic carbocycles. The number of aliphatic hydroxyl groups excluding tert-OH is 1. The molecule has 2 rings (SSSR count). The molecular formula is C12H18N2O3. The molecule has 1 amide bonds. The van der Waals surface area contributed by atoms with Gasteiger partial charge in [-0.2, -0.15) is 0 Å². The van der Waals surface area contributed by atoms with Gasteiger partial charge >= 0.3 is 0 Å². The van der Waals surface area contributed by atoms with Crippen LogP contribution in [-0.4, -0.2) is 41.4 Å². The van der Waals surface area contributed by atoms with Crippen molar-refractivity contribution in [2.45, 2.75) is 24.9 Å². The minimum Gasteiger partial charge on any atom is -0.394 e. The summed E-state index contributed by atoms with van der Waals surface area (Å²) in [5.41, 5.74) is 0.245. The Labute approximate surface area is 100 Å². The van der Waals surface area contributed by atoms with E-state index in [1.54, 1.807) is 13.2 Å².